The van der Waals surface area contributed by atoms with Crippen LogP contribution >= 0.6 is 11.8 Å². The van der Waals surface area contributed by atoms with Crippen LogP contribution in [-0.4, -0.2) is 51.9 Å². The maximum Gasteiger partial charge on any atom is 0.313 e. The highest BCUT2D eigenvalue weighted by molar-refractivity contribution is 7.99. The normalized spacial score (nSPS) is 22.3. The molecule has 1 aromatic rings. The molecule has 1 aromatic heterocycles. The summed E-state index contributed by atoms with van der Waals surface area (Å²) in [5.74, 6) is -0.163. The molecule has 1 fully saturated rings. The van der Waals surface area contributed by atoms with Crippen molar-refractivity contribution >= 4 is 17.7 Å². The lowest BCUT2D eigenvalue weighted by atomic mass is 10.0. The maximum atomic E-state index is 10.7. The fourth-order valence-electron chi connectivity index (χ4n) is 2.25. The predicted molar refractivity (Wildman–Crippen MR) is 72.8 cm³/mol. The SMILES string of the molecule is COCCn1c(SCC(=O)O)nnc1C1(C)CCCO1. The zero-order chi connectivity index (χ0) is 14.6. The van der Waals surface area contributed by atoms with Crippen molar-refractivity contribution in [3.63, 3.8) is 0 Å². The zero-order valence-corrected chi connectivity index (χ0v) is 12.5. The smallest absolute Gasteiger partial charge is 0.313 e. The van der Waals surface area contributed by atoms with Crippen LogP contribution in [0.5, 0.6) is 0 Å². The Hall–Kier alpha value is -1.12. The Morgan fingerprint density at radius 2 is 2.40 bits per heavy atom. The number of aromatic nitrogens is 3. The average molecular weight is 301 g/mol. The van der Waals surface area contributed by atoms with Gasteiger partial charge in [-0.3, -0.25) is 4.79 Å². The van der Waals surface area contributed by atoms with Crippen LogP contribution in [0.25, 0.3) is 0 Å². The molecule has 0 bridgehead atoms. The van der Waals surface area contributed by atoms with Crippen molar-refractivity contribution in [1.82, 2.24) is 14.8 Å². The fourth-order valence-corrected chi connectivity index (χ4v) is 2.94. The first-order valence-corrected chi connectivity index (χ1v) is 7.46. The molecule has 7 nitrogen and oxygen atoms in total. The van der Waals surface area contributed by atoms with Crippen molar-refractivity contribution in [3.8, 4) is 0 Å². The minimum atomic E-state index is -0.874. The highest BCUT2D eigenvalue weighted by atomic mass is 32.2. The van der Waals surface area contributed by atoms with E-state index in [1.807, 2.05) is 11.5 Å². The third kappa shape index (κ3) is 3.31. The van der Waals surface area contributed by atoms with Crippen LogP contribution in [0.3, 0.4) is 0 Å². The Bertz CT molecular complexity index is 471. The van der Waals surface area contributed by atoms with Gasteiger partial charge in [0.05, 0.1) is 12.4 Å². The molecule has 112 valence electrons. The van der Waals surface area contributed by atoms with Crippen LogP contribution < -0.4 is 0 Å². The fraction of sp³-hybridized carbons (Fsp3) is 0.750. The number of aliphatic carboxylic acids is 1. The Morgan fingerprint density at radius 3 is 3.00 bits per heavy atom. The van der Waals surface area contributed by atoms with Crippen molar-refractivity contribution in [1.29, 1.82) is 0 Å². The van der Waals surface area contributed by atoms with Gasteiger partial charge in [-0.25, -0.2) is 0 Å². The first-order chi connectivity index (χ1) is 9.57. The Labute approximate surface area is 121 Å². The summed E-state index contributed by atoms with van der Waals surface area (Å²) < 4.78 is 12.8. The van der Waals surface area contributed by atoms with Gasteiger partial charge in [-0.15, -0.1) is 10.2 Å². The standard InChI is InChI=1S/C12H19N3O4S/c1-12(4-3-6-19-12)10-13-14-11(20-8-9(16)17)15(10)5-7-18-2/h3-8H2,1-2H3,(H,16,17). The number of hydrogen-bond donors (Lipinski definition) is 1. The van der Waals surface area contributed by atoms with E-state index in [2.05, 4.69) is 10.2 Å². The van der Waals surface area contributed by atoms with E-state index in [4.69, 9.17) is 14.6 Å². The Kier molecular flexibility index (Phi) is 5.00. The summed E-state index contributed by atoms with van der Waals surface area (Å²) in [6, 6.07) is 0. The molecule has 2 rings (SSSR count). The minimum Gasteiger partial charge on any atom is -0.481 e. The van der Waals surface area contributed by atoms with Gasteiger partial charge in [-0.1, -0.05) is 11.8 Å². The first-order valence-electron chi connectivity index (χ1n) is 6.48. The van der Waals surface area contributed by atoms with E-state index in [0.717, 1.165) is 30.4 Å². The van der Waals surface area contributed by atoms with E-state index < -0.39 is 11.6 Å². The molecule has 8 heteroatoms. The molecule has 1 N–H and O–H groups in total. The summed E-state index contributed by atoms with van der Waals surface area (Å²) in [5, 5.41) is 17.7. The van der Waals surface area contributed by atoms with Gasteiger partial charge in [0.25, 0.3) is 0 Å². The molecule has 20 heavy (non-hydrogen) atoms. The molecule has 2 heterocycles. The van der Waals surface area contributed by atoms with Crippen molar-refractivity contribution < 1.29 is 19.4 Å². The topological polar surface area (TPSA) is 86.5 Å². The van der Waals surface area contributed by atoms with Gasteiger partial charge in [-0.05, 0) is 19.8 Å². The number of nitrogens with zero attached hydrogens (tertiary/aromatic N) is 3. The van der Waals surface area contributed by atoms with Crippen molar-refractivity contribution in [3.05, 3.63) is 5.82 Å². The van der Waals surface area contributed by atoms with Gasteiger partial charge in [0.1, 0.15) is 5.60 Å². The van der Waals surface area contributed by atoms with Crippen molar-refractivity contribution in [2.24, 2.45) is 0 Å². The molecule has 1 unspecified atom stereocenters. The third-order valence-electron chi connectivity index (χ3n) is 3.25. The summed E-state index contributed by atoms with van der Waals surface area (Å²) in [7, 11) is 1.63. The molecule has 1 atom stereocenters. The number of ether oxygens (including phenoxy) is 2. The van der Waals surface area contributed by atoms with Crippen LogP contribution in [0.1, 0.15) is 25.6 Å². The van der Waals surface area contributed by atoms with Crippen molar-refractivity contribution in [2.75, 3.05) is 26.1 Å². The Balaban J connectivity index is 2.24. The summed E-state index contributed by atoms with van der Waals surface area (Å²) >= 11 is 1.16. The van der Waals surface area contributed by atoms with Gasteiger partial charge in [0.15, 0.2) is 11.0 Å². The lowest BCUT2D eigenvalue weighted by Gasteiger charge is -2.23. The molecule has 0 spiro atoms. The molecule has 0 aliphatic carbocycles. The number of hydrogen-bond acceptors (Lipinski definition) is 6. The number of carbonyl (C=O) groups is 1. The van der Waals surface area contributed by atoms with Gasteiger partial charge >= 0.3 is 5.97 Å². The number of rotatable bonds is 7. The molecule has 1 saturated heterocycles. The van der Waals surface area contributed by atoms with Gasteiger partial charge in [-0.2, -0.15) is 0 Å². The van der Waals surface area contributed by atoms with Crippen LogP contribution in [-0.2, 0) is 26.4 Å². The summed E-state index contributed by atoms with van der Waals surface area (Å²) in [6.45, 7) is 3.81. The quantitative estimate of drug-likeness (QED) is 0.755. The second-order valence-electron chi connectivity index (χ2n) is 4.82. The number of thioether (sulfide) groups is 1. The number of carboxylic acids is 1. The minimum absolute atomic E-state index is 0.0390. The molecular weight excluding hydrogens is 282 g/mol. The van der Waals surface area contributed by atoms with E-state index in [0.29, 0.717) is 24.9 Å². The maximum absolute atomic E-state index is 10.7. The van der Waals surface area contributed by atoms with Crippen LogP contribution in [0.2, 0.25) is 0 Å². The summed E-state index contributed by atoms with van der Waals surface area (Å²) in [5.41, 5.74) is -0.442. The summed E-state index contributed by atoms with van der Waals surface area (Å²) in [4.78, 5) is 10.7. The van der Waals surface area contributed by atoms with Gasteiger partial charge in [0, 0.05) is 20.3 Å². The molecular formula is C12H19N3O4S. The molecule has 0 amide bonds. The monoisotopic (exact) mass is 301 g/mol. The molecule has 0 radical (unpaired) electrons. The number of methoxy groups -OCH3 is 1. The summed E-state index contributed by atoms with van der Waals surface area (Å²) in [6.07, 6.45) is 1.88. The van der Waals surface area contributed by atoms with E-state index in [9.17, 15) is 4.79 Å². The second-order valence-corrected chi connectivity index (χ2v) is 5.76. The lowest BCUT2D eigenvalue weighted by Crippen LogP contribution is -2.26. The van der Waals surface area contributed by atoms with Gasteiger partial charge in [0.2, 0.25) is 0 Å². The van der Waals surface area contributed by atoms with E-state index in [1.54, 1.807) is 7.11 Å². The second kappa shape index (κ2) is 6.55. The van der Waals surface area contributed by atoms with E-state index >= 15 is 0 Å². The number of carboxylic acid groups (broad SMARTS) is 1. The van der Waals surface area contributed by atoms with Crippen LogP contribution in [0.15, 0.2) is 5.16 Å². The highest BCUT2D eigenvalue weighted by Crippen LogP contribution is 2.35. The Morgan fingerprint density at radius 1 is 1.60 bits per heavy atom. The highest BCUT2D eigenvalue weighted by Gasteiger charge is 2.37. The lowest BCUT2D eigenvalue weighted by molar-refractivity contribution is -0.133. The average Bonchev–Trinajstić information content (AvgIpc) is 3.01. The largest absolute Gasteiger partial charge is 0.481 e. The predicted octanol–water partition coefficient (Wildman–Crippen LogP) is 1.13. The molecule has 1 aliphatic rings. The molecule has 1 aliphatic heterocycles. The van der Waals surface area contributed by atoms with E-state index in [1.165, 1.54) is 0 Å². The zero-order valence-electron chi connectivity index (χ0n) is 11.7. The third-order valence-corrected chi connectivity index (χ3v) is 4.20. The van der Waals surface area contributed by atoms with Crippen LogP contribution in [0, 0.1) is 0 Å². The molecule has 0 aromatic carbocycles. The first kappa shape index (κ1) is 15.3. The van der Waals surface area contributed by atoms with E-state index in [-0.39, 0.29) is 5.75 Å². The van der Waals surface area contributed by atoms with Crippen molar-refractivity contribution in [2.45, 2.75) is 37.1 Å². The van der Waals surface area contributed by atoms with Crippen LogP contribution in [0.4, 0.5) is 0 Å². The molecule has 0 saturated carbocycles. The van der Waals surface area contributed by atoms with Gasteiger partial charge < -0.3 is 19.1 Å².